The summed E-state index contributed by atoms with van der Waals surface area (Å²) in [5, 5.41) is 7.00. The van der Waals surface area contributed by atoms with Gasteiger partial charge in [0.05, 0.1) is 11.8 Å². The molecule has 1 aliphatic rings. The predicted molar refractivity (Wildman–Crippen MR) is 74.2 cm³/mol. The fourth-order valence-electron chi connectivity index (χ4n) is 2.26. The number of hydrogen-bond acceptors (Lipinski definition) is 4. The van der Waals surface area contributed by atoms with Crippen molar-refractivity contribution in [2.45, 2.75) is 26.3 Å². The van der Waals surface area contributed by atoms with Crippen LogP contribution in [0.5, 0.6) is 0 Å². The largest absolute Gasteiger partial charge is 0.354 e. The average molecular weight is 279 g/mol. The molecule has 2 heterocycles. The quantitative estimate of drug-likeness (QED) is 0.777. The van der Waals surface area contributed by atoms with Crippen molar-refractivity contribution in [1.29, 1.82) is 0 Å². The molecule has 7 nitrogen and oxygen atoms in total. The van der Waals surface area contributed by atoms with Gasteiger partial charge in [0.25, 0.3) is 5.91 Å². The van der Waals surface area contributed by atoms with E-state index in [1.54, 1.807) is 15.8 Å². The number of aryl methyl sites for hydroxylation is 1. The number of hydrogen-bond donors (Lipinski definition) is 2. The van der Waals surface area contributed by atoms with E-state index in [4.69, 9.17) is 5.73 Å². The van der Waals surface area contributed by atoms with Gasteiger partial charge in [0.1, 0.15) is 0 Å². The van der Waals surface area contributed by atoms with Gasteiger partial charge in [-0.25, -0.2) is 0 Å². The second kappa shape index (κ2) is 6.51. The van der Waals surface area contributed by atoms with Crippen LogP contribution >= 0.6 is 0 Å². The van der Waals surface area contributed by atoms with Crippen LogP contribution in [-0.2, 0) is 11.3 Å². The molecule has 0 bridgehead atoms. The molecule has 0 spiro atoms. The molecule has 1 saturated heterocycles. The van der Waals surface area contributed by atoms with Crippen molar-refractivity contribution in [3.63, 3.8) is 0 Å². The molecule has 20 heavy (non-hydrogen) atoms. The van der Waals surface area contributed by atoms with E-state index >= 15 is 0 Å². The molecule has 0 saturated carbocycles. The molecule has 110 valence electrons. The van der Waals surface area contributed by atoms with Crippen LogP contribution in [0.15, 0.2) is 6.20 Å². The summed E-state index contributed by atoms with van der Waals surface area (Å²) in [5.41, 5.74) is 6.95. The Kier molecular flexibility index (Phi) is 4.73. The Bertz CT molecular complexity index is 497. The third-order valence-electron chi connectivity index (χ3n) is 3.51. The van der Waals surface area contributed by atoms with E-state index < -0.39 is 0 Å². The first-order valence-corrected chi connectivity index (χ1v) is 6.92. The molecule has 0 radical (unpaired) electrons. The van der Waals surface area contributed by atoms with Crippen LogP contribution in [-0.4, -0.2) is 52.7 Å². The number of carbonyl (C=O) groups is 2. The third-order valence-corrected chi connectivity index (χ3v) is 3.51. The molecule has 0 aliphatic carbocycles. The Morgan fingerprint density at radius 3 is 3.05 bits per heavy atom. The number of nitrogens with zero attached hydrogens (tertiary/aromatic N) is 3. The van der Waals surface area contributed by atoms with Crippen LogP contribution in [0.2, 0.25) is 0 Å². The minimum absolute atomic E-state index is 0.00402. The number of aromatic nitrogens is 2. The third kappa shape index (κ3) is 3.16. The van der Waals surface area contributed by atoms with Crippen LogP contribution in [0.4, 0.5) is 0 Å². The number of nitrogens with two attached hydrogens (primary N) is 1. The lowest BCUT2D eigenvalue weighted by Crippen LogP contribution is -2.34. The van der Waals surface area contributed by atoms with Crippen molar-refractivity contribution in [2.75, 3.05) is 26.2 Å². The lowest BCUT2D eigenvalue weighted by atomic mass is 10.2. The van der Waals surface area contributed by atoms with Crippen LogP contribution in [0.25, 0.3) is 0 Å². The van der Waals surface area contributed by atoms with Gasteiger partial charge < -0.3 is 16.0 Å². The highest BCUT2D eigenvalue weighted by Gasteiger charge is 2.22. The van der Waals surface area contributed by atoms with E-state index in [-0.39, 0.29) is 11.8 Å². The Balaban J connectivity index is 2.08. The van der Waals surface area contributed by atoms with Gasteiger partial charge >= 0.3 is 0 Å². The SMILES string of the molecule is Cc1c(C(=O)N2CCNC(=O)CC2)cnn1CCCN. The van der Waals surface area contributed by atoms with E-state index in [0.717, 1.165) is 18.7 Å². The summed E-state index contributed by atoms with van der Waals surface area (Å²) in [4.78, 5) is 25.5. The minimum atomic E-state index is -0.0574. The molecule has 0 aromatic carbocycles. The number of rotatable bonds is 4. The zero-order chi connectivity index (χ0) is 14.5. The second-order valence-corrected chi connectivity index (χ2v) is 4.90. The standard InChI is InChI=1S/C13H21N5O2/c1-10-11(9-16-18(10)6-2-4-14)13(20)17-7-3-12(19)15-5-8-17/h9H,2-8,14H2,1H3,(H,15,19). The zero-order valence-electron chi connectivity index (χ0n) is 11.8. The smallest absolute Gasteiger partial charge is 0.257 e. The number of nitrogens with one attached hydrogen (secondary N) is 1. The molecular formula is C13H21N5O2. The van der Waals surface area contributed by atoms with Crippen LogP contribution in [0.3, 0.4) is 0 Å². The maximum atomic E-state index is 12.5. The van der Waals surface area contributed by atoms with Crippen molar-refractivity contribution < 1.29 is 9.59 Å². The van der Waals surface area contributed by atoms with Gasteiger partial charge in [0, 0.05) is 38.3 Å². The van der Waals surface area contributed by atoms with E-state index in [2.05, 4.69) is 10.4 Å². The van der Waals surface area contributed by atoms with E-state index in [9.17, 15) is 9.59 Å². The molecule has 1 aromatic heterocycles. The Hall–Kier alpha value is -1.89. The van der Waals surface area contributed by atoms with Gasteiger partial charge in [-0.05, 0) is 19.9 Å². The van der Waals surface area contributed by atoms with Crippen LogP contribution < -0.4 is 11.1 Å². The summed E-state index contributed by atoms with van der Waals surface area (Å²) in [6, 6.07) is 0. The van der Waals surface area contributed by atoms with Gasteiger partial charge in [-0.1, -0.05) is 0 Å². The zero-order valence-corrected chi connectivity index (χ0v) is 11.8. The molecule has 7 heteroatoms. The second-order valence-electron chi connectivity index (χ2n) is 4.90. The Morgan fingerprint density at radius 1 is 1.50 bits per heavy atom. The van der Waals surface area contributed by atoms with Crippen LogP contribution in [0, 0.1) is 6.92 Å². The Morgan fingerprint density at radius 2 is 2.30 bits per heavy atom. The predicted octanol–water partition coefficient (Wildman–Crippen LogP) is -0.498. The van der Waals surface area contributed by atoms with E-state index in [1.807, 2.05) is 6.92 Å². The summed E-state index contributed by atoms with van der Waals surface area (Å²) >= 11 is 0. The van der Waals surface area contributed by atoms with Gasteiger partial charge in [-0.15, -0.1) is 0 Å². The Labute approximate surface area is 118 Å². The molecule has 1 aromatic rings. The molecule has 0 atom stereocenters. The lowest BCUT2D eigenvalue weighted by molar-refractivity contribution is -0.120. The summed E-state index contributed by atoms with van der Waals surface area (Å²) in [6.45, 7) is 4.71. The van der Waals surface area contributed by atoms with Crippen molar-refractivity contribution in [3.8, 4) is 0 Å². The first-order chi connectivity index (χ1) is 9.63. The first kappa shape index (κ1) is 14.5. The van der Waals surface area contributed by atoms with Crippen molar-refractivity contribution in [2.24, 2.45) is 5.73 Å². The highest BCUT2D eigenvalue weighted by atomic mass is 16.2. The lowest BCUT2D eigenvalue weighted by Gasteiger charge is -2.19. The summed E-state index contributed by atoms with van der Waals surface area (Å²) in [7, 11) is 0. The molecule has 0 unspecified atom stereocenters. The van der Waals surface area contributed by atoms with Crippen LogP contribution in [0.1, 0.15) is 28.9 Å². The maximum absolute atomic E-state index is 12.5. The van der Waals surface area contributed by atoms with Crippen molar-refractivity contribution >= 4 is 11.8 Å². The number of carbonyl (C=O) groups excluding carboxylic acids is 2. The van der Waals surface area contributed by atoms with E-state index in [1.165, 1.54) is 0 Å². The average Bonchev–Trinajstić information content (AvgIpc) is 2.66. The summed E-state index contributed by atoms with van der Waals surface area (Å²) < 4.78 is 1.81. The van der Waals surface area contributed by atoms with Gasteiger partial charge in [0.2, 0.25) is 5.91 Å². The van der Waals surface area contributed by atoms with E-state index in [0.29, 0.717) is 38.2 Å². The fraction of sp³-hybridized carbons (Fsp3) is 0.615. The maximum Gasteiger partial charge on any atom is 0.257 e. The molecule has 2 amide bonds. The first-order valence-electron chi connectivity index (χ1n) is 6.92. The van der Waals surface area contributed by atoms with Gasteiger partial charge in [-0.3, -0.25) is 14.3 Å². The number of amides is 2. The van der Waals surface area contributed by atoms with Gasteiger partial charge in [-0.2, -0.15) is 5.10 Å². The molecule has 1 aliphatic heterocycles. The summed E-state index contributed by atoms with van der Waals surface area (Å²) in [5.74, 6) is -0.0614. The molecular weight excluding hydrogens is 258 g/mol. The molecule has 1 fully saturated rings. The fourth-order valence-corrected chi connectivity index (χ4v) is 2.26. The topological polar surface area (TPSA) is 93.2 Å². The van der Waals surface area contributed by atoms with Crippen molar-refractivity contribution in [1.82, 2.24) is 20.0 Å². The molecule has 2 rings (SSSR count). The normalized spacial score (nSPS) is 15.9. The monoisotopic (exact) mass is 279 g/mol. The molecule has 3 N–H and O–H groups in total. The minimum Gasteiger partial charge on any atom is -0.354 e. The van der Waals surface area contributed by atoms with Gasteiger partial charge in [0.15, 0.2) is 0 Å². The summed E-state index contributed by atoms with van der Waals surface area (Å²) in [6.07, 6.45) is 2.79. The van der Waals surface area contributed by atoms with Crippen molar-refractivity contribution in [3.05, 3.63) is 17.5 Å². The highest BCUT2D eigenvalue weighted by molar-refractivity contribution is 5.95. The highest BCUT2D eigenvalue weighted by Crippen LogP contribution is 2.12.